The highest BCUT2D eigenvalue weighted by Crippen LogP contribution is 2.28. The van der Waals surface area contributed by atoms with Gasteiger partial charge in [0.2, 0.25) is 0 Å². The molecule has 0 aliphatic carbocycles. The Hall–Kier alpha value is -0.640. The van der Waals surface area contributed by atoms with Crippen molar-refractivity contribution in [3.63, 3.8) is 0 Å². The molecule has 0 aromatic heterocycles. The first-order valence-electron chi connectivity index (χ1n) is 6.47. The fraction of sp³-hybridized carbons (Fsp3) is 0.467. The number of hydrogen-bond acceptors (Lipinski definition) is 2. The van der Waals surface area contributed by atoms with E-state index in [1.807, 2.05) is 30.3 Å². The predicted octanol–water partition coefficient (Wildman–Crippen LogP) is 3.48. The van der Waals surface area contributed by atoms with E-state index in [0.29, 0.717) is 6.04 Å². The maximum absolute atomic E-state index is 10.3. The summed E-state index contributed by atoms with van der Waals surface area (Å²) in [6.07, 6.45) is 2.83. The van der Waals surface area contributed by atoms with E-state index in [1.54, 1.807) is 0 Å². The molecule has 2 nitrogen and oxygen atoms in total. The van der Waals surface area contributed by atoms with Gasteiger partial charge in [0.05, 0.1) is 6.10 Å². The van der Waals surface area contributed by atoms with Gasteiger partial charge in [-0.25, -0.2) is 0 Å². The summed E-state index contributed by atoms with van der Waals surface area (Å²) in [5.74, 6) is 0. The first kappa shape index (κ1) is 13.8. The number of nitrogens with zero attached hydrogens (tertiary/aromatic N) is 1. The van der Waals surface area contributed by atoms with Crippen LogP contribution in [-0.4, -0.2) is 29.1 Å². The first-order chi connectivity index (χ1) is 8.66. The molecule has 3 heteroatoms. The van der Waals surface area contributed by atoms with Gasteiger partial charge in [0, 0.05) is 17.1 Å². The number of aliphatic hydroxyl groups excluding tert-OH is 1. The second kappa shape index (κ2) is 6.50. The monoisotopic (exact) mass is 309 g/mol. The normalized spacial score (nSPS) is 22.0. The molecule has 1 aliphatic rings. The van der Waals surface area contributed by atoms with Crippen molar-refractivity contribution in [2.45, 2.75) is 31.4 Å². The van der Waals surface area contributed by atoms with Crippen LogP contribution in [0.25, 0.3) is 0 Å². The smallest absolute Gasteiger partial charge is 0.0805 e. The van der Waals surface area contributed by atoms with Gasteiger partial charge in [0.25, 0.3) is 0 Å². The van der Waals surface area contributed by atoms with E-state index in [4.69, 9.17) is 0 Å². The minimum absolute atomic E-state index is 0.361. The number of rotatable bonds is 5. The van der Waals surface area contributed by atoms with Crippen LogP contribution in [0.15, 0.2) is 41.4 Å². The number of benzene rings is 1. The Morgan fingerprint density at radius 1 is 1.44 bits per heavy atom. The zero-order valence-corrected chi connectivity index (χ0v) is 12.1. The summed E-state index contributed by atoms with van der Waals surface area (Å²) in [4.78, 5) is 2.41. The largest absolute Gasteiger partial charge is 0.388 e. The molecule has 18 heavy (non-hydrogen) atoms. The van der Waals surface area contributed by atoms with E-state index in [9.17, 15) is 5.11 Å². The molecule has 1 aliphatic heterocycles. The summed E-state index contributed by atoms with van der Waals surface area (Å²) in [5, 5.41) is 10.3. The average molecular weight is 310 g/mol. The van der Waals surface area contributed by atoms with Crippen LogP contribution in [0.3, 0.4) is 0 Å². The Labute approximate surface area is 117 Å². The van der Waals surface area contributed by atoms with Gasteiger partial charge < -0.3 is 5.11 Å². The maximum atomic E-state index is 10.3. The van der Waals surface area contributed by atoms with E-state index in [0.717, 1.165) is 29.6 Å². The molecular formula is C15H20BrNO. The van der Waals surface area contributed by atoms with Gasteiger partial charge in [-0.3, -0.25) is 4.90 Å². The minimum Gasteiger partial charge on any atom is -0.388 e. The highest BCUT2D eigenvalue weighted by Gasteiger charge is 2.26. The Balaban J connectivity index is 1.94. The highest BCUT2D eigenvalue weighted by molar-refractivity contribution is 9.11. The number of aliphatic hydroxyl groups is 1. The fourth-order valence-corrected chi connectivity index (χ4v) is 2.98. The second-order valence-corrected chi connectivity index (χ2v) is 6.07. The first-order valence-corrected chi connectivity index (χ1v) is 7.26. The molecule has 2 unspecified atom stereocenters. The molecule has 0 saturated carbocycles. The molecule has 0 spiro atoms. The van der Waals surface area contributed by atoms with E-state index in [-0.39, 0.29) is 6.10 Å². The molecule has 2 rings (SSSR count). The summed E-state index contributed by atoms with van der Waals surface area (Å²) < 4.78 is 1.02. The SMILES string of the molecule is C=C(Br)CN1CCCC1CC(O)c1ccccc1. The van der Waals surface area contributed by atoms with Crippen LogP contribution in [0.4, 0.5) is 0 Å². The number of likely N-dealkylation sites (tertiary alicyclic amines) is 1. The van der Waals surface area contributed by atoms with Crippen LogP contribution in [-0.2, 0) is 0 Å². The topological polar surface area (TPSA) is 23.5 Å². The van der Waals surface area contributed by atoms with E-state index in [1.165, 1.54) is 12.8 Å². The van der Waals surface area contributed by atoms with Crippen LogP contribution < -0.4 is 0 Å². The lowest BCUT2D eigenvalue weighted by atomic mass is 10.0. The van der Waals surface area contributed by atoms with Crippen molar-refractivity contribution >= 4 is 15.9 Å². The van der Waals surface area contributed by atoms with Crippen molar-refractivity contribution < 1.29 is 5.11 Å². The molecule has 0 radical (unpaired) electrons. The summed E-state index contributed by atoms with van der Waals surface area (Å²) in [5.41, 5.74) is 1.02. The second-order valence-electron chi connectivity index (χ2n) is 4.95. The van der Waals surface area contributed by atoms with Crippen molar-refractivity contribution in [1.29, 1.82) is 0 Å². The van der Waals surface area contributed by atoms with Crippen LogP contribution in [0, 0.1) is 0 Å². The summed E-state index contributed by atoms with van der Waals surface area (Å²) >= 11 is 3.42. The number of halogens is 1. The Morgan fingerprint density at radius 2 is 2.17 bits per heavy atom. The van der Waals surface area contributed by atoms with Crippen molar-refractivity contribution in [1.82, 2.24) is 4.90 Å². The van der Waals surface area contributed by atoms with Gasteiger partial charge in [0.1, 0.15) is 0 Å². The van der Waals surface area contributed by atoms with E-state index >= 15 is 0 Å². The van der Waals surface area contributed by atoms with Crippen LogP contribution >= 0.6 is 15.9 Å². The molecule has 1 saturated heterocycles. The molecule has 1 heterocycles. The zero-order chi connectivity index (χ0) is 13.0. The fourth-order valence-electron chi connectivity index (χ4n) is 2.66. The molecule has 1 fully saturated rings. The molecule has 0 amide bonds. The van der Waals surface area contributed by atoms with E-state index < -0.39 is 0 Å². The lowest BCUT2D eigenvalue weighted by molar-refractivity contribution is 0.125. The van der Waals surface area contributed by atoms with Gasteiger partial charge in [-0.2, -0.15) is 0 Å². The third-order valence-corrected chi connectivity index (χ3v) is 3.80. The lowest BCUT2D eigenvalue weighted by Gasteiger charge is -2.26. The molecule has 1 aromatic carbocycles. The summed E-state index contributed by atoms with van der Waals surface area (Å²) in [7, 11) is 0. The van der Waals surface area contributed by atoms with Crippen LogP contribution in [0.2, 0.25) is 0 Å². The van der Waals surface area contributed by atoms with Crippen molar-refractivity contribution in [2.75, 3.05) is 13.1 Å². The van der Waals surface area contributed by atoms with Gasteiger partial charge in [-0.1, -0.05) is 52.8 Å². The quantitative estimate of drug-likeness (QED) is 0.900. The molecule has 1 N–H and O–H groups in total. The number of hydrogen-bond donors (Lipinski definition) is 1. The van der Waals surface area contributed by atoms with E-state index in [2.05, 4.69) is 27.4 Å². The van der Waals surface area contributed by atoms with Crippen molar-refractivity contribution in [3.05, 3.63) is 47.0 Å². The molecule has 2 atom stereocenters. The van der Waals surface area contributed by atoms with Gasteiger partial charge in [-0.15, -0.1) is 0 Å². The molecule has 98 valence electrons. The zero-order valence-electron chi connectivity index (χ0n) is 10.6. The molecular weight excluding hydrogens is 290 g/mol. The highest BCUT2D eigenvalue weighted by atomic mass is 79.9. The maximum Gasteiger partial charge on any atom is 0.0805 e. The predicted molar refractivity (Wildman–Crippen MR) is 78.7 cm³/mol. The Morgan fingerprint density at radius 3 is 2.83 bits per heavy atom. The minimum atomic E-state index is -0.361. The third-order valence-electron chi connectivity index (χ3n) is 3.55. The average Bonchev–Trinajstić information content (AvgIpc) is 2.77. The van der Waals surface area contributed by atoms with Crippen molar-refractivity contribution in [2.24, 2.45) is 0 Å². The molecule has 1 aromatic rings. The Bertz CT molecular complexity index is 393. The summed E-state index contributed by atoms with van der Waals surface area (Å²) in [6.45, 7) is 5.89. The standard InChI is InChI=1S/C15H20BrNO/c1-12(16)11-17-9-5-8-14(17)10-15(18)13-6-3-2-4-7-13/h2-4,6-7,14-15,18H,1,5,8-11H2. The van der Waals surface area contributed by atoms with Gasteiger partial charge >= 0.3 is 0 Å². The van der Waals surface area contributed by atoms with Gasteiger partial charge in [0.15, 0.2) is 0 Å². The summed E-state index contributed by atoms with van der Waals surface area (Å²) in [6, 6.07) is 10.4. The van der Waals surface area contributed by atoms with Crippen LogP contribution in [0.5, 0.6) is 0 Å². The van der Waals surface area contributed by atoms with Gasteiger partial charge in [-0.05, 0) is 31.4 Å². The third kappa shape index (κ3) is 3.67. The van der Waals surface area contributed by atoms with Crippen molar-refractivity contribution in [3.8, 4) is 0 Å². The molecule has 0 bridgehead atoms. The Kier molecular flexibility index (Phi) is 4.98. The lowest BCUT2D eigenvalue weighted by Crippen LogP contribution is -2.31. The van der Waals surface area contributed by atoms with Crippen LogP contribution in [0.1, 0.15) is 30.9 Å².